The van der Waals surface area contributed by atoms with E-state index in [1.54, 1.807) is 6.20 Å². The van der Waals surface area contributed by atoms with Crippen LogP contribution in [0.15, 0.2) is 42.7 Å². The second-order valence-corrected chi connectivity index (χ2v) is 4.70. The molecule has 0 spiro atoms. The number of aromatic amines is 1. The molecular formula is C15H17N5. The van der Waals surface area contributed by atoms with Gasteiger partial charge in [0, 0.05) is 11.6 Å². The predicted molar refractivity (Wildman–Crippen MR) is 78.3 cm³/mol. The molecule has 20 heavy (non-hydrogen) atoms. The largest absolute Gasteiger partial charge is 0.305 e. The average molecular weight is 267 g/mol. The van der Waals surface area contributed by atoms with E-state index in [-0.39, 0.29) is 6.04 Å². The van der Waals surface area contributed by atoms with E-state index < -0.39 is 0 Å². The second kappa shape index (κ2) is 5.79. The highest BCUT2D eigenvalue weighted by molar-refractivity contribution is 5.82. The molecule has 0 aliphatic carbocycles. The number of nitrogens with zero attached hydrogens (tertiary/aromatic N) is 3. The van der Waals surface area contributed by atoms with Crippen molar-refractivity contribution < 1.29 is 0 Å². The van der Waals surface area contributed by atoms with Gasteiger partial charge in [-0.3, -0.25) is 4.98 Å². The van der Waals surface area contributed by atoms with E-state index in [2.05, 4.69) is 44.8 Å². The van der Waals surface area contributed by atoms with Gasteiger partial charge in [-0.2, -0.15) is 15.4 Å². The lowest BCUT2D eigenvalue weighted by Crippen LogP contribution is -2.23. The van der Waals surface area contributed by atoms with E-state index in [1.165, 1.54) is 5.56 Å². The molecule has 2 heterocycles. The summed E-state index contributed by atoms with van der Waals surface area (Å²) in [5, 5.41) is 15.5. The third kappa shape index (κ3) is 2.40. The minimum absolute atomic E-state index is 0.0293. The first kappa shape index (κ1) is 12.7. The van der Waals surface area contributed by atoms with Crippen LogP contribution in [-0.2, 0) is 0 Å². The molecule has 3 rings (SSSR count). The molecule has 0 aliphatic heterocycles. The number of benzene rings is 1. The van der Waals surface area contributed by atoms with Crippen molar-refractivity contribution >= 4 is 10.9 Å². The van der Waals surface area contributed by atoms with Crippen molar-refractivity contribution in [3.8, 4) is 0 Å². The van der Waals surface area contributed by atoms with Crippen LogP contribution in [0.1, 0.15) is 30.6 Å². The maximum atomic E-state index is 4.41. The highest BCUT2D eigenvalue weighted by atomic mass is 15.3. The van der Waals surface area contributed by atoms with E-state index >= 15 is 0 Å². The van der Waals surface area contributed by atoms with Crippen LogP contribution in [0.4, 0.5) is 0 Å². The highest BCUT2D eigenvalue weighted by Gasteiger charge is 2.18. The summed E-state index contributed by atoms with van der Waals surface area (Å²) in [6.45, 7) is 3.08. The third-order valence-electron chi connectivity index (χ3n) is 3.32. The molecule has 1 unspecified atom stereocenters. The maximum Gasteiger partial charge on any atom is 0.104 e. The number of fused-ring (bicyclic) bond motifs is 1. The Bertz CT molecular complexity index is 672. The van der Waals surface area contributed by atoms with Crippen LogP contribution in [0.3, 0.4) is 0 Å². The molecule has 0 saturated carbocycles. The van der Waals surface area contributed by atoms with Crippen LogP contribution in [0.2, 0.25) is 0 Å². The molecule has 0 bridgehead atoms. The molecule has 0 saturated heterocycles. The monoisotopic (exact) mass is 267 g/mol. The zero-order valence-corrected chi connectivity index (χ0v) is 11.4. The summed E-state index contributed by atoms with van der Waals surface area (Å²) >= 11 is 0. The first-order valence-corrected chi connectivity index (χ1v) is 6.83. The number of rotatable bonds is 5. The summed E-state index contributed by atoms with van der Waals surface area (Å²) in [4.78, 5) is 4.41. The number of nitrogens with one attached hydrogen (secondary N) is 2. The topological polar surface area (TPSA) is 66.5 Å². The minimum Gasteiger partial charge on any atom is -0.305 e. The average Bonchev–Trinajstić information content (AvgIpc) is 3.02. The van der Waals surface area contributed by atoms with Crippen LogP contribution >= 0.6 is 0 Å². The Morgan fingerprint density at radius 3 is 3.00 bits per heavy atom. The van der Waals surface area contributed by atoms with E-state index in [4.69, 9.17) is 0 Å². The first-order chi connectivity index (χ1) is 9.90. The second-order valence-electron chi connectivity index (χ2n) is 4.70. The maximum absolute atomic E-state index is 4.41. The van der Waals surface area contributed by atoms with Gasteiger partial charge in [-0.05, 0) is 30.7 Å². The van der Waals surface area contributed by atoms with Crippen molar-refractivity contribution in [2.75, 3.05) is 6.54 Å². The summed E-state index contributed by atoms with van der Waals surface area (Å²) in [6, 6.07) is 10.3. The van der Waals surface area contributed by atoms with Crippen LogP contribution in [0.5, 0.6) is 0 Å². The summed E-state index contributed by atoms with van der Waals surface area (Å²) in [7, 11) is 0. The molecule has 5 heteroatoms. The van der Waals surface area contributed by atoms with Gasteiger partial charge in [-0.25, -0.2) is 0 Å². The third-order valence-corrected chi connectivity index (χ3v) is 3.32. The van der Waals surface area contributed by atoms with Crippen molar-refractivity contribution in [1.82, 2.24) is 25.7 Å². The molecule has 5 nitrogen and oxygen atoms in total. The first-order valence-electron chi connectivity index (χ1n) is 6.83. The molecule has 1 aromatic carbocycles. The Hall–Kier alpha value is -2.27. The Kier molecular flexibility index (Phi) is 3.69. The van der Waals surface area contributed by atoms with E-state index in [1.807, 2.05) is 24.4 Å². The molecule has 2 N–H and O–H groups in total. The van der Waals surface area contributed by atoms with E-state index in [0.717, 1.165) is 29.6 Å². The normalized spacial score (nSPS) is 12.7. The van der Waals surface area contributed by atoms with Crippen molar-refractivity contribution in [3.63, 3.8) is 0 Å². The Morgan fingerprint density at radius 2 is 2.20 bits per heavy atom. The van der Waals surface area contributed by atoms with Crippen molar-refractivity contribution in [2.45, 2.75) is 19.4 Å². The lowest BCUT2D eigenvalue weighted by atomic mass is 9.99. The zero-order chi connectivity index (χ0) is 13.8. The molecule has 102 valence electrons. The molecule has 1 atom stereocenters. The molecule has 0 radical (unpaired) electrons. The van der Waals surface area contributed by atoms with Gasteiger partial charge in [-0.1, -0.05) is 25.1 Å². The molecule has 3 aromatic rings. The predicted octanol–water partition coefficient (Wildman–Crippen LogP) is 2.44. The fourth-order valence-electron chi connectivity index (χ4n) is 2.39. The van der Waals surface area contributed by atoms with Gasteiger partial charge in [0.25, 0.3) is 0 Å². The summed E-state index contributed by atoms with van der Waals surface area (Å²) in [5.74, 6) is 0. The van der Waals surface area contributed by atoms with Gasteiger partial charge in [0.15, 0.2) is 0 Å². The zero-order valence-electron chi connectivity index (χ0n) is 11.4. The SMILES string of the molecule is CCCNC(c1cn[nH]n1)c1cccc2ncccc12. The number of pyridine rings is 1. The summed E-state index contributed by atoms with van der Waals surface area (Å²) in [6.07, 6.45) is 4.65. The van der Waals surface area contributed by atoms with E-state index in [0.29, 0.717) is 0 Å². The van der Waals surface area contributed by atoms with Gasteiger partial charge >= 0.3 is 0 Å². The van der Waals surface area contributed by atoms with Gasteiger partial charge < -0.3 is 5.32 Å². The quantitative estimate of drug-likeness (QED) is 0.745. The standard InChI is InChI=1S/C15H17N5/c1-2-8-17-15(14-10-18-20-19-14)12-5-3-7-13-11(12)6-4-9-16-13/h3-7,9-10,15,17H,2,8H2,1H3,(H,18,19,20). The number of H-pyrrole nitrogens is 1. The van der Waals surface area contributed by atoms with Crippen LogP contribution in [-0.4, -0.2) is 26.9 Å². The Labute approximate surface area is 117 Å². The molecule has 2 aromatic heterocycles. The van der Waals surface area contributed by atoms with Crippen molar-refractivity contribution in [3.05, 3.63) is 54.0 Å². The van der Waals surface area contributed by atoms with Gasteiger partial charge in [0.2, 0.25) is 0 Å². The molecule has 0 aliphatic rings. The number of hydrogen-bond acceptors (Lipinski definition) is 4. The van der Waals surface area contributed by atoms with Crippen molar-refractivity contribution in [1.29, 1.82) is 0 Å². The molecule has 0 amide bonds. The van der Waals surface area contributed by atoms with E-state index in [9.17, 15) is 0 Å². The fourth-order valence-corrected chi connectivity index (χ4v) is 2.39. The van der Waals surface area contributed by atoms with Gasteiger partial charge in [0.1, 0.15) is 5.69 Å². The minimum atomic E-state index is 0.0293. The van der Waals surface area contributed by atoms with Crippen LogP contribution in [0, 0.1) is 0 Å². The lowest BCUT2D eigenvalue weighted by Gasteiger charge is -2.18. The Morgan fingerprint density at radius 1 is 1.25 bits per heavy atom. The number of hydrogen-bond donors (Lipinski definition) is 2. The molecular weight excluding hydrogens is 250 g/mol. The van der Waals surface area contributed by atoms with Crippen molar-refractivity contribution in [2.24, 2.45) is 0 Å². The van der Waals surface area contributed by atoms with Crippen LogP contribution < -0.4 is 5.32 Å². The summed E-state index contributed by atoms with van der Waals surface area (Å²) in [5.41, 5.74) is 3.07. The fraction of sp³-hybridized carbons (Fsp3) is 0.267. The van der Waals surface area contributed by atoms with Crippen LogP contribution in [0.25, 0.3) is 10.9 Å². The lowest BCUT2D eigenvalue weighted by molar-refractivity contribution is 0.588. The molecule has 0 fully saturated rings. The van der Waals surface area contributed by atoms with Gasteiger partial charge in [0.05, 0.1) is 17.8 Å². The highest BCUT2D eigenvalue weighted by Crippen LogP contribution is 2.26. The van der Waals surface area contributed by atoms with Gasteiger partial charge in [-0.15, -0.1) is 0 Å². The number of aromatic nitrogens is 4. The Balaban J connectivity index is 2.09. The smallest absolute Gasteiger partial charge is 0.104 e. The summed E-state index contributed by atoms with van der Waals surface area (Å²) < 4.78 is 0.